The maximum absolute atomic E-state index is 5.71. The normalized spacial score (nSPS) is 14.5. The van der Waals surface area contributed by atoms with Gasteiger partial charge in [-0.2, -0.15) is 0 Å². The molecule has 2 nitrogen and oxygen atoms in total. The molecule has 0 aliphatic heterocycles. The van der Waals surface area contributed by atoms with E-state index in [2.05, 4.69) is 61.7 Å². The number of rotatable bonds is 6. The van der Waals surface area contributed by atoms with Crippen LogP contribution in [-0.4, -0.2) is 6.04 Å². The molecule has 19 heavy (non-hydrogen) atoms. The molecule has 2 unspecified atom stereocenters. The zero-order valence-electron chi connectivity index (χ0n) is 11.9. The smallest absolute Gasteiger partial charge is 0.0276 e. The van der Waals surface area contributed by atoms with E-state index in [-0.39, 0.29) is 0 Å². The van der Waals surface area contributed by atoms with Gasteiger partial charge in [-0.05, 0) is 35.1 Å². The van der Waals surface area contributed by atoms with Crippen molar-refractivity contribution < 1.29 is 0 Å². The Labute approximate surface area is 116 Å². The maximum Gasteiger partial charge on any atom is 0.0276 e. The molecule has 2 aromatic carbocycles. The third kappa shape index (κ3) is 3.55. The quantitative estimate of drug-likeness (QED) is 0.611. The van der Waals surface area contributed by atoms with Gasteiger partial charge in [0.25, 0.3) is 0 Å². The van der Waals surface area contributed by atoms with Crippen LogP contribution in [0.25, 0.3) is 10.8 Å². The second kappa shape index (κ2) is 6.69. The molecule has 2 rings (SSSR count). The number of hydrazine groups is 1. The molecule has 0 aliphatic carbocycles. The minimum Gasteiger partial charge on any atom is -0.271 e. The summed E-state index contributed by atoms with van der Waals surface area (Å²) in [5, 5.41) is 2.60. The van der Waals surface area contributed by atoms with E-state index in [0.29, 0.717) is 12.0 Å². The Bertz CT molecular complexity index is 521. The van der Waals surface area contributed by atoms with Crippen LogP contribution in [-0.2, 0) is 6.42 Å². The lowest BCUT2D eigenvalue weighted by Crippen LogP contribution is -2.41. The van der Waals surface area contributed by atoms with Crippen LogP contribution in [0.2, 0.25) is 0 Å². The Morgan fingerprint density at radius 1 is 1.11 bits per heavy atom. The van der Waals surface area contributed by atoms with E-state index in [0.717, 1.165) is 6.42 Å². The van der Waals surface area contributed by atoms with E-state index >= 15 is 0 Å². The van der Waals surface area contributed by atoms with E-state index in [9.17, 15) is 0 Å². The first kappa shape index (κ1) is 14.0. The van der Waals surface area contributed by atoms with Gasteiger partial charge >= 0.3 is 0 Å². The highest BCUT2D eigenvalue weighted by atomic mass is 15.2. The topological polar surface area (TPSA) is 38.0 Å². The summed E-state index contributed by atoms with van der Waals surface area (Å²) < 4.78 is 0. The number of hydrogen-bond acceptors (Lipinski definition) is 2. The highest BCUT2D eigenvalue weighted by Crippen LogP contribution is 2.19. The van der Waals surface area contributed by atoms with Crippen LogP contribution in [0.1, 0.15) is 32.3 Å². The molecular weight excluding hydrogens is 232 g/mol. The largest absolute Gasteiger partial charge is 0.271 e. The lowest BCUT2D eigenvalue weighted by molar-refractivity contribution is 0.357. The molecular formula is C17H24N2. The highest BCUT2D eigenvalue weighted by molar-refractivity contribution is 5.82. The van der Waals surface area contributed by atoms with Gasteiger partial charge in [0.15, 0.2) is 0 Å². The molecule has 0 bridgehead atoms. The Kier molecular flexibility index (Phi) is 4.94. The summed E-state index contributed by atoms with van der Waals surface area (Å²) in [5.74, 6) is 6.31. The van der Waals surface area contributed by atoms with E-state index in [1.165, 1.54) is 29.2 Å². The van der Waals surface area contributed by atoms with Crippen molar-refractivity contribution in [3.05, 3.63) is 48.0 Å². The van der Waals surface area contributed by atoms with Crippen LogP contribution < -0.4 is 11.3 Å². The molecule has 3 N–H and O–H groups in total. The zero-order valence-corrected chi connectivity index (χ0v) is 11.9. The fraction of sp³-hybridized carbons (Fsp3) is 0.412. The van der Waals surface area contributed by atoms with E-state index < -0.39 is 0 Å². The van der Waals surface area contributed by atoms with E-state index in [1.807, 2.05) is 0 Å². The third-order valence-corrected chi connectivity index (χ3v) is 3.91. The summed E-state index contributed by atoms with van der Waals surface area (Å²) in [7, 11) is 0. The molecule has 0 heterocycles. The lowest BCUT2D eigenvalue weighted by Gasteiger charge is -2.23. The van der Waals surface area contributed by atoms with Gasteiger partial charge in [-0.3, -0.25) is 11.3 Å². The number of nitrogens with two attached hydrogens (primary N) is 1. The first-order chi connectivity index (χ1) is 9.24. The van der Waals surface area contributed by atoms with E-state index in [4.69, 9.17) is 5.84 Å². The van der Waals surface area contributed by atoms with Crippen LogP contribution in [0.4, 0.5) is 0 Å². The van der Waals surface area contributed by atoms with Crippen molar-refractivity contribution in [2.24, 2.45) is 11.8 Å². The molecule has 0 fully saturated rings. The second-order valence-corrected chi connectivity index (χ2v) is 5.42. The van der Waals surface area contributed by atoms with Crippen molar-refractivity contribution in [2.75, 3.05) is 0 Å². The first-order valence-corrected chi connectivity index (χ1v) is 7.18. The van der Waals surface area contributed by atoms with Crippen LogP contribution in [0, 0.1) is 5.92 Å². The van der Waals surface area contributed by atoms with Gasteiger partial charge in [0.05, 0.1) is 0 Å². The Hall–Kier alpha value is -1.38. The highest BCUT2D eigenvalue weighted by Gasteiger charge is 2.15. The van der Waals surface area contributed by atoms with Crippen LogP contribution in [0.15, 0.2) is 42.5 Å². The van der Waals surface area contributed by atoms with Crippen molar-refractivity contribution >= 4 is 10.8 Å². The molecule has 0 saturated heterocycles. The standard InChI is InChI=1S/C17H24N2/c1-3-6-13(2)17(19-18)12-14-9-10-15-7-4-5-8-16(15)11-14/h4-5,7-11,13,17,19H,3,6,12,18H2,1-2H3. The van der Waals surface area contributed by atoms with Gasteiger partial charge < -0.3 is 0 Å². The summed E-state index contributed by atoms with van der Waals surface area (Å²) in [4.78, 5) is 0. The Morgan fingerprint density at radius 2 is 1.84 bits per heavy atom. The van der Waals surface area contributed by atoms with Gasteiger partial charge in [0.2, 0.25) is 0 Å². The Morgan fingerprint density at radius 3 is 2.53 bits per heavy atom. The predicted octanol–water partition coefficient (Wildman–Crippen LogP) is 3.65. The van der Waals surface area contributed by atoms with Crippen molar-refractivity contribution in [2.45, 2.75) is 39.2 Å². The third-order valence-electron chi connectivity index (χ3n) is 3.91. The van der Waals surface area contributed by atoms with Crippen molar-refractivity contribution in [3.63, 3.8) is 0 Å². The summed E-state index contributed by atoms with van der Waals surface area (Å²) in [6.45, 7) is 4.50. The van der Waals surface area contributed by atoms with Gasteiger partial charge in [-0.1, -0.05) is 62.7 Å². The molecule has 2 aromatic rings. The van der Waals surface area contributed by atoms with Gasteiger partial charge in [0, 0.05) is 6.04 Å². The molecule has 102 valence electrons. The summed E-state index contributed by atoms with van der Waals surface area (Å²) in [5.41, 5.74) is 4.33. The SMILES string of the molecule is CCCC(C)C(Cc1ccc2ccccc2c1)NN. The van der Waals surface area contributed by atoms with Gasteiger partial charge in [-0.15, -0.1) is 0 Å². The zero-order chi connectivity index (χ0) is 13.7. The van der Waals surface area contributed by atoms with Gasteiger partial charge in [-0.25, -0.2) is 0 Å². The fourth-order valence-electron chi connectivity index (χ4n) is 2.70. The van der Waals surface area contributed by atoms with Crippen molar-refractivity contribution in [1.82, 2.24) is 5.43 Å². The summed E-state index contributed by atoms with van der Waals surface area (Å²) in [6.07, 6.45) is 3.40. The van der Waals surface area contributed by atoms with Crippen LogP contribution >= 0.6 is 0 Å². The number of hydrogen-bond donors (Lipinski definition) is 2. The molecule has 2 heteroatoms. The minimum absolute atomic E-state index is 0.348. The summed E-state index contributed by atoms with van der Waals surface area (Å²) in [6, 6.07) is 15.5. The second-order valence-electron chi connectivity index (χ2n) is 5.42. The minimum atomic E-state index is 0.348. The molecule has 2 atom stereocenters. The number of fused-ring (bicyclic) bond motifs is 1. The lowest BCUT2D eigenvalue weighted by atomic mass is 9.91. The molecule has 0 radical (unpaired) electrons. The molecule has 0 saturated carbocycles. The average molecular weight is 256 g/mol. The monoisotopic (exact) mass is 256 g/mol. The Balaban J connectivity index is 2.15. The predicted molar refractivity (Wildman–Crippen MR) is 82.8 cm³/mol. The molecule has 0 spiro atoms. The van der Waals surface area contributed by atoms with E-state index in [1.54, 1.807) is 0 Å². The molecule has 0 aromatic heterocycles. The molecule has 0 amide bonds. The summed E-state index contributed by atoms with van der Waals surface area (Å²) >= 11 is 0. The van der Waals surface area contributed by atoms with Crippen LogP contribution in [0.5, 0.6) is 0 Å². The fourth-order valence-corrected chi connectivity index (χ4v) is 2.70. The number of benzene rings is 2. The molecule has 0 aliphatic rings. The maximum atomic E-state index is 5.71. The van der Waals surface area contributed by atoms with Gasteiger partial charge in [0.1, 0.15) is 0 Å². The van der Waals surface area contributed by atoms with Crippen molar-refractivity contribution in [1.29, 1.82) is 0 Å². The number of nitrogens with one attached hydrogen (secondary N) is 1. The van der Waals surface area contributed by atoms with Crippen LogP contribution in [0.3, 0.4) is 0 Å². The first-order valence-electron chi connectivity index (χ1n) is 7.18. The average Bonchev–Trinajstić information content (AvgIpc) is 2.44. The van der Waals surface area contributed by atoms with Crippen molar-refractivity contribution in [3.8, 4) is 0 Å².